The lowest BCUT2D eigenvalue weighted by Crippen LogP contribution is -2.16. The van der Waals surface area contributed by atoms with E-state index >= 15 is 0 Å². The van der Waals surface area contributed by atoms with Gasteiger partial charge in [-0.25, -0.2) is 0 Å². The monoisotopic (exact) mass is 234 g/mol. The highest BCUT2D eigenvalue weighted by molar-refractivity contribution is 5.90. The van der Waals surface area contributed by atoms with Crippen LogP contribution in [0.25, 0.3) is 0 Å². The van der Waals surface area contributed by atoms with Gasteiger partial charge < -0.3 is 0 Å². The first kappa shape index (κ1) is 14.2. The van der Waals surface area contributed by atoms with E-state index in [9.17, 15) is 4.79 Å². The van der Waals surface area contributed by atoms with Gasteiger partial charge in [-0.2, -0.15) is 0 Å². The molecule has 1 nitrogen and oxygen atoms in total. The molecule has 0 spiro atoms. The van der Waals surface area contributed by atoms with E-state index in [0.29, 0.717) is 17.6 Å². The van der Waals surface area contributed by atoms with Crippen LogP contribution in [-0.4, -0.2) is 5.78 Å². The van der Waals surface area contributed by atoms with E-state index < -0.39 is 0 Å². The molecular formula is C16H26O. The van der Waals surface area contributed by atoms with Gasteiger partial charge in [0.05, 0.1) is 0 Å². The van der Waals surface area contributed by atoms with Crippen molar-refractivity contribution < 1.29 is 4.79 Å². The Morgan fingerprint density at radius 3 is 2.65 bits per heavy atom. The van der Waals surface area contributed by atoms with Crippen molar-refractivity contribution in [1.82, 2.24) is 0 Å². The molecule has 1 heteroatoms. The van der Waals surface area contributed by atoms with Gasteiger partial charge in [0, 0.05) is 6.42 Å². The lowest BCUT2D eigenvalue weighted by atomic mass is 9.75. The molecule has 17 heavy (non-hydrogen) atoms. The van der Waals surface area contributed by atoms with Crippen LogP contribution in [0, 0.1) is 5.41 Å². The molecule has 0 amide bonds. The summed E-state index contributed by atoms with van der Waals surface area (Å²) in [4.78, 5) is 11.8. The summed E-state index contributed by atoms with van der Waals surface area (Å²) >= 11 is 0. The van der Waals surface area contributed by atoms with Gasteiger partial charge in [0.15, 0.2) is 5.78 Å². The molecule has 0 N–H and O–H groups in total. The number of hydrogen-bond donors (Lipinski definition) is 0. The Morgan fingerprint density at radius 1 is 1.35 bits per heavy atom. The predicted octanol–water partition coefficient (Wildman–Crippen LogP) is 4.83. The van der Waals surface area contributed by atoms with E-state index in [4.69, 9.17) is 0 Å². The zero-order valence-electron chi connectivity index (χ0n) is 11.8. The van der Waals surface area contributed by atoms with E-state index in [1.54, 1.807) is 0 Å². The number of unbranched alkanes of at least 4 members (excludes halogenated alkanes) is 2. The summed E-state index contributed by atoms with van der Waals surface area (Å²) < 4.78 is 0. The topological polar surface area (TPSA) is 17.1 Å². The lowest BCUT2D eigenvalue weighted by molar-refractivity contribution is -0.114. The summed E-state index contributed by atoms with van der Waals surface area (Å²) in [5.41, 5.74) is 2.93. The maximum absolute atomic E-state index is 11.8. The quantitative estimate of drug-likeness (QED) is 0.492. The minimum atomic E-state index is 0.301. The van der Waals surface area contributed by atoms with Crippen molar-refractivity contribution in [2.75, 3.05) is 0 Å². The Hall–Kier alpha value is -0.850. The second kappa shape index (κ2) is 6.18. The van der Waals surface area contributed by atoms with Gasteiger partial charge in [-0.3, -0.25) is 4.79 Å². The normalized spacial score (nSPS) is 21.4. The van der Waals surface area contributed by atoms with Crippen LogP contribution < -0.4 is 0 Å². The molecule has 0 aromatic heterocycles. The summed E-state index contributed by atoms with van der Waals surface area (Å²) in [5.74, 6) is 0.301. The molecule has 0 fully saturated rings. The van der Waals surface area contributed by atoms with Gasteiger partial charge in [0.2, 0.25) is 0 Å². The largest absolute Gasteiger partial charge is 0.295 e. The fourth-order valence-corrected chi connectivity index (χ4v) is 2.71. The van der Waals surface area contributed by atoms with E-state index in [1.807, 2.05) is 6.08 Å². The molecule has 1 aliphatic carbocycles. The van der Waals surface area contributed by atoms with Crippen LogP contribution in [0.5, 0.6) is 0 Å². The predicted molar refractivity (Wildman–Crippen MR) is 74.0 cm³/mol. The summed E-state index contributed by atoms with van der Waals surface area (Å²) in [6.45, 7) is 8.88. The highest BCUT2D eigenvalue weighted by Crippen LogP contribution is 2.37. The Morgan fingerprint density at radius 2 is 2.06 bits per heavy atom. The van der Waals surface area contributed by atoms with Crippen molar-refractivity contribution >= 4 is 5.78 Å². The van der Waals surface area contributed by atoms with E-state index in [2.05, 4.69) is 33.8 Å². The van der Waals surface area contributed by atoms with Crippen LogP contribution in [-0.2, 0) is 4.79 Å². The lowest BCUT2D eigenvalue weighted by Gasteiger charge is -2.30. The molecule has 1 rings (SSSR count). The molecule has 0 saturated carbocycles. The maximum atomic E-state index is 11.8. The summed E-state index contributed by atoms with van der Waals surface area (Å²) in [7, 11) is 0. The highest BCUT2D eigenvalue weighted by Gasteiger charge is 2.23. The molecule has 0 saturated heterocycles. The first-order valence-corrected chi connectivity index (χ1v) is 6.83. The third-order valence-corrected chi connectivity index (χ3v) is 3.24. The van der Waals surface area contributed by atoms with Gasteiger partial charge in [0.1, 0.15) is 0 Å². The second-order valence-corrected chi connectivity index (χ2v) is 6.15. The van der Waals surface area contributed by atoms with Gasteiger partial charge in [0.25, 0.3) is 0 Å². The molecule has 0 radical (unpaired) electrons. The summed E-state index contributed by atoms with van der Waals surface area (Å²) in [6, 6.07) is 0. The van der Waals surface area contributed by atoms with Crippen LogP contribution in [0.2, 0.25) is 0 Å². The molecule has 0 atom stereocenters. The van der Waals surface area contributed by atoms with E-state index in [1.165, 1.54) is 17.6 Å². The van der Waals surface area contributed by atoms with Crippen molar-refractivity contribution in [2.45, 2.75) is 66.2 Å². The van der Waals surface area contributed by atoms with Crippen LogP contribution in [0.3, 0.4) is 0 Å². The Bertz CT molecular complexity index is 331. The van der Waals surface area contributed by atoms with Crippen LogP contribution in [0.15, 0.2) is 23.3 Å². The number of rotatable bonds is 5. The zero-order valence-corrected chi connectivity index (χ0v) is 11.8. The van der Waals surface area contributed by atoms with Crippen LogP contribution >= 0.6 is 0 Å². The minimum Gasteiger partial charge on any atom is -0.295 e. The highest BCUT2D eigenvalue weighted by atomic mass is 16.1. The maximum Gasteiger partial charge on any atom is 0.155 e. The molecule has 1 aliphatic rings. The fourth-order valence-electron chi connectivity index (χ4n) is 2.71. The van der Waals surface area contributed by atoms with Gasteiger partial charge in [-0.05, 0) is 43.3 Å². The number of allylic oxidation sites excluding steroid dienone is 4. The molecule has 0 unspecified atom stereocenters. The van der Waals surface area contributed by atoms with Crippen molar-refractivity contribution in [2.24, 2.45) is 5.41 Å². The van der Waals surface area contributed by atoms with Crippen molar-refractivity contribution in [3.8, 4) is 0 Å². The van der Waals surface area contributed by atoms with Crippen LogP contribution in [0.4, 0.5) is 0 Å². The van der Waals surface area contributed by atoms with E-state index in [-0.39, 0.29) is 0 Å². The molecule has 0 aliphatic heterocycles. The number of ketones is 1. The Kier molecular flexibility index (Phi) is 5.17. The third-order valence-electron chi connectivity index (χ3n) is 3.24. The van der Waals surface area contributed by atoms with Gasteiger partial charge in [-0.15, -0.1) is 0 Å². The zero-order chi connectivity index (χ0) is 12.9. The Labute approximate surface area is 106 Å². The molecule has 96 valence electrons. The molecule has 0 aromatic carbocycles. The SMILES string of the molecule is CCCCCC(=O)C=C1C=C(C)CC(C)(C)C1. The standard InChI is InChI=1S/C16H26O/c1-5-6-7-8-15(17)10-14-9-13(2)11-16(3,4)12-14/h9-10H,5-8,11-12H2,1-4H3. The number of hydrogen-bond acceptors (Lipinski definition) is 1. The molecular weight excluding hydrogens is 208 g/mol. The summed E-state index contributed by atoms with van der Waals surface area (Å²) in [6.07, 6.45) is 10.3. The Balaban J connectivity index is 2.59. The number of carbonyl (C=O) groups is 1. The minimum absolute atomic E-state index is 0.301. The molecule has 0 heterocycles. The van der Waals surface area contributed by atoms with Crippen LogP contribution in [0.1, 0.15) is 66.2 Å². The average Bonchev–Trinajstić information content (AvgIpc) is 2.14. The fraction of sp³-hybridized carbons (Fsp3) is 0.688. The van der Waals surface area contributed by atoms with E-state index in [0.717, 1.165) is 25.7 Å². The molecule has 0 bridgehead atoms. The third kappa shape index (κ3) is 5.34. The average molecular weight is 234 g/mol. The second-order valence-electron chi connectivity index (χ2n) is 6.15. The summed E-state index contributed by atoms with van der Waals surface area (Å²) in [5, 5.41) is 0. The first-order valence-electron chi connectivity index (χ1n) is 6.83. The van der Waals surface area contributed by atoms with Crippen molar-refractivity contribution in [3.05, 3.63) is 23.3 Å². The molecule has 0 aromatic rings. The number of carbonyl (C=O) groups excluding carboxylic acids is 1. The van der Waals surface area contributed by atoms with Gasteiger partial charge >= 0.3 is 0 Å². The smallest absolute Gasteiger partial charge is 0.155 e. The van der Waals surface area contributed by atoms with Gasteiger partial charge in [-0.1, -0.05) is 45.3 Å². The first-order chi connectivity index (χ1) is 7.93. The van der Waals surface area contributed by atoms with Crippen molar-refractivity contribution in [1.29, 1.82) is 0 Å². The van der Waals surface area contributed by atoms with Crippen molar-refractivity contribution in [3.63, 3.8) is 0 Å².